The average molecular weight is 448 g/mol. The first kappa shape index (κ1) is 21.6. The Labute approximate surface area is 192 Å². The van der Waals surface area contributed by atoms with Gasteiger partial charge in [-0.25, -0.2) is 9.37 Å². The maximum absolute atomic E-state index is 13.9. The summed E-state index contributed by atoms with van der Waals surface area (Å²) in [5, 5.41) is 0.861. The number of halogens is 1. The fourth-order valence-electron chi connectivity index (χ4n) is 4.92. The van der Waals surface area contributed by atoms with Crippen LogP contribution in [0, 0.1) is 18.7 Å². The Morgan fingerprint density at radius 1 is 1.24 bits per heavy atom. The lowest BCUT2D eigenvalue weighted by Crippen LogP contribution is -2.45. The average Bonchev–Trinajstić information content (AvgIpc) is 3.29. The normalized spacial score (nSPS) is 16.9. The van der Waals surface area contributed by atoms with Crippen molar-refractivity contribution in [1.82, 2.24) is 18.9 Å². The van der Waals surface area contributed by atoms with Crippen LogP contribution in [0.15, 0.2) is 42.6 Å². The van der Waals surface area contributed by atoms with Gasteiger partial charge in [-0.3, -0.25) is 4.79 Å². The van der Waals surface area contributed by atoms with E-state index in [1.165, 1.54) is 6.07 Å². The number of carbonyl (C=O) groups is 1. The third-order valence-corrected chi connectivity index (χ3v) is 6.51. The van der Waals surface area contributed by atoms with Crippen LogP contribution in [0.5, 0.6) is 0 Å². The maximum Gasteiger partial charge on any atom is 0.254 e. The van der Waals surface area contributed by atoms with E-state index in [0.717, 1.165) is 59.6 Å². The SMILES string of the molecule is Cc1c(-c2cc3cc(F)ccc3n2CC(C)C)nc2cc(C(=O)N3CCCC(N)C3)ccn12. The zero-order valence-electron chi connectivity index (χ0n) is 19.4. The van der Waals surface area contributed by atoms with E-state index in [9.17, 15) is 9.18 Å². The van der Waals surface area contributed by atoms with E-state index in [1.807, 2.05) is 46.7 Å². The van der Waals surface area contributed by atoms with Gasteiger partial charge < -0.3 is 19.6 Å². The molecule has 6 nitrogen and oxygen atoms in total. The van der Waals surface area contributed by atoms with Crippen molar-refractivity contribution < 1.29 is 9.18 Å². The first-order chi connectivity index (χ1) is 15.8. The molecule has 4 heterocycles. The van der Waals surface area contributed by atoms with Crippen molar-refractivity contribution in [2.24, 2.45) is 11.7 Å². The summed E-state index contributed by atoms with van der Waals surface area (Å²) in [5.41, 5.74) is 11.2. The van der Waals surface area contributed by atoms with Crippen molar-refractivity contribution in [2.75, 3.05) is 13.1 Å². The predicted octanol–water partition coefficient (Wildman–Crippen LogP) is 4.62. The molecular formula is C26H30FN5O. The molecule has 3 aromatic heterocycles. The van der Waals surface area contributed by atoms with E-state index in [-0.39, 0.29) is 17.8 Å². The van der Waals surface area contributed by atoms with Gasteiger partial charge in [0.25, 0.3) is 5.91 Å². The highest BCUT2D eigenvalue weighted by atomic mass is 19.1. The largest absolute Gasteiger partial charge is 0.339 e. The lowest BCUT2D eigenvalue weighted by atomic mass is 10.1. The van der Waals surface area contributed by atoms with Crippen LogP contribution in [0.4, 0.5) is 4.39 Å². The number of hydrogen-bond donors (Lipinski definition) is 1. The lowest BCUT2D eigenvalue weighted by Gasteiger charge is -2.30. The number of likely N-dealkylation sites (tertiary alicyclic amines) is 1. The Kier molecular flexibility index (Phi) is 5.44. The molecule has 0 saturated carbocycles. The van der Waals surface area contributed by atoms with Crippen molar-refractivity contribution in [3.8, 4) is 11.4 Å². The van der Waals surface area contributed by atoms with Gasteiger partial charge in [0, 0.05) is 54.0 Å². The molecule has 1 saturated heterocycles. The van der Waals surface area contributed by atoms with Gasteiger partial charge >= 0.3 is 0 Å². The molecule has 1 fully saturated rings. The molecule has 0 spiro atoms. The molecule has 4 aromatic rings. The van der Waals surface area contributed by atoms with Crippen LogP contribution in [0.3, 0.4) is 0 Å². The van der Waals surface area contributed by atoms with Crippen molar-refractivity contribution in [2.45, 2.75) is 46.2 Å². The van der Waals surface area contributed by atoms with E-state index in [0.29, 0.717) is 18.0 Å². The van der Waals surface area contributed by atoms with Crippen LogP contribution in [0.25, 0.3) is 27.9 Å². The number of fused-ring (bicyclic) bond motifs is 2. The van der Waals surface area contributed by atoms with E-state index in [4.69, 9.17) is 10.7 Å². The number of benzene rings is 1. The van der Waals surface area contributed by atoms with Crippen molar-refractivity contribution in [3.05, 3.63) is 59.7 Å². The van der Waals surface area contributed by atoms with Gasteiger partial charge in [0.15, 0.2) is 0 Å². The molecule has 0 radical (unpaired) electrons. The summed E-state index contributed by atoms with van der Waals surface area (Å²) < 4.78 is 18.1. The molecule has 1 atom stereocenters. The summed E-state index contributed by atoms with van der Waals surface area (Å²) in [7, 11) is 0. The summed E-state index contributed by atoms with van der Waals surface area (Å²) in [6.07, 6.45) is 3.80. The molecule has 1 aliphatic rings. The number of hydrogen-bond acceptors (Lipinski definition) is 3. The van der Waals surface area contributed by atoms with Gasteiger partial charge in [-0.05, 0) is 62.1 Å². The summed E-state index contributed by atoms with van der Waals surface area (Å²) in [6.45, 7) is 8.49. The third kappa shape index (κ3) is 3.91. The smallest absolute Gasteiger partial charge is 0.254 e. The fraction of sp³-hybridized carbons (Fsp3) is 0.385. The van der Waals surface area contributed by atoms with Gasteiger partial charge in [0.05, 0.1) is 5.69 Å². The number of rotatable bonds is 4. The monoisotopic (exact) mass is 447 g/mol. The number of imidazole rings is 1. The maximum atomic E-state index is 13.9. The van der Waals surface area contributed by atoms with E-state index < -0.39 is 0 Å². The second-order valence-electron chi connectivity index (χ2n) is 9.58. The number of nitrogens with two attached hydrogens (primary N) is 1. The minimum absolute atomic E-state index is 0.000695. The number of piperidine rings is 1. The Bertz CT molecular complexity index is 1350. The molecule has 7 heteroatoms. The predicted molar refractivity (Wildman–Crippen MR) is 129 cm³/mol. The van der Waals surface area contributed by atoms with Crippen LogP contribution >= 0.6 is 0 Å². The second kappa shape index (κ2) is 8.30. The topological polar surface area (TPSA) is 68.6 Å². The van der Waals surface area contributed by atoms with Crippen molar-refractivity contribution >= 4 is 22.5 Å². The fourth-order valence-corrected chi connectivity index (χ4v) is 4.92. The molecule has 33 heavy (non-hydrogen) atoms. The molecule has 5 rings (SSSR count). The summed E-state index contributed by atoms with van der Waals surface area (Å²) in [4.78, 5) is 19.8. The van der Waals surface area contributed by atoms with Crippen LogP contribution in [0.2, 0.25) is 0 Å². The molecule has 172 valence electrons. The molecule has 1 unspecified atom stereocenters. The number of aryl methyl sites for hydroxylation is 1. The summed E-state index contributed by atoms with van der Waals surface area (Å²) in [5.74, 6) is 0.171. The van der Waals surface area contributed by atoms with Crippen LogP contribution in [0.1, 0.15) is 42.7 Å². The minimum Gasteiger partial charge on any atom is -0.339 e. The number of carbonyl (C=O) groups excluding carboxylic acids is 1. The summed E-state index contributed by atoms with van der Waals surface area (Å²) in [6, 6.07) is 10.7. The Morgan fingerprint density at radius 3 is 2.82 bits per heavy atom. The molecule has 1 amide bonds. The van der Waals surface area contributed by atoms with Crippen LogP contribution < -0.4 is 5.73 Å². The van der Waals surface area contributed by atoms with Gasteiger partial charge in [0.2, 0.25) is 0 Å². The quantitative estimate of drug-likeness (QED) is 0.496. The highest BCUT2D eigenvalue weighted by Crippen LogP contribution is 2.32. The minimum atomic E-state index is -0.247. The number of pyridine rings is 1. The lowest BCUT2D eigenvalue weighted by molar-refractivity contribution is 0.0709. The zero-order valence-corrected chi connectivity index (χ0v) is 19.4. The molecular weight excluding hydrogens is 417 g/mol. The Hall–Kier alpha value is -3.19. The number of amides is 1. The van der Waals surface area contributed by atoms with Crippen LogP contribution in [-0.4, -0.2) is 43.9 Å². The molecule has 0 aliphatic carbocycles. The first-order valence-electron chi connectivity index (χ1n) is 11.6. The summed E-state index contributed by atoms with van der Waals surface area (Å²) >= 11 is 0. The van der Waals surface area contributed by atoms with Crippen LogP contribution in [-0.2, 0) is 6.54 Å². The highest BCUT2D eigenvalue weighted by Gasteiger charge is 2.24. The molecule has 0 bridgehead atoms. The van der Waals surface area contributed by atoms with E-state index >= 15 is 0 Å². The number of nitrogens with zero attached hydrogens (tertiary/aromatic N) is 4. The van der Waals surface area contributed by atoms with Gasteiger partial charge in [-0.1, -0.05) is 13.8 Å². The number of aromatic nitrogens is 3. The molecule has 1 aliphatic heterocycles. The van der Waals surface area contributed by atoms with E-state index in [2.05, 4.69) is 18.4 Å². The highest BCUT2D eigenvalue weighted by molar-refractivity contribution is 5.95. The Morgan fingerprint density at radius 2 is 2.06 bits per heavy atom. The van der Waals surface area contributed by atoms with Crippen molar-refractivity contribution in [1.29, 1.82) is 0 Å². The second-order valence-corrected chi connectivity index (χ2v) is 9.58. The molecule has 1 aromatic carbocycles. The zero-order chi connectivity index (χ0) is 23.3. The molecule has 2 N–H and O–H groups in total. The van der Waals surface area contributed by atoms with Gasteiger partial charge in [-0.2, -0.15) is 0 Å². The standard InChI is InChI=1S/C26H30FN5O/c1-16(2)14-32-22-7-6-20(27)11-19(22)12-23(32)25-17(3)31-10-8-18(13-24(31)29-25)26(33)30-9-4-5-21(28)15-30/h6-8,10-13,16,21H,4-5,9,14-15,28H2,1-3H3. The Balaban J connectivity index is 1.59. The van der Waals surface area contributed by atoms with Crippen molar-refractivity contribution in [3.63, 3.8) is 0 Å². The van der Waals surface area contributed by atoms with Gasteiger partial charge in [-0.15, -0.1) is 0 Å². The third-order valence-electron chi connectivity index (χ3n) is 6.51. The first-order valence-corrected chi connectivity index (χ1v) is 11.6. The van der Waals surface area contributed by atoms with E-state index in [1.54, 1.807) is 6.07 Å². The van der Waals surface area contributed by atoms with Gasteiger partial charge in [0.1, 0.15) is 17.2 Å².